The van der Waals surface area contributed by atoms with Crippen molar-refractivity contribution in [3.8, 4) is 0 Å². The van der Waals surface area contributed by atoms with Crippen molar-refractivity contribution in [1.82, 2.24) is 0 Å². The standard InChI is InChI=1S/C32H50O7/c1-2-23-15-16-24(21-23)28(38-31-13-7-9-19-36-31)18-17-26-25(11-5-3-4-6-12-30(34)35)27(33)22-29(26)39-32-14-8-10-20-37-32/h6,12,17-18,23-26,28-29,31-32H,2-5,7-11,13-16,19-22H2,1H3,(H,34,35)/b12-6+,18-17+/t23?,24?,25-,26-,28-,29-,31?,32?/m1/s1. The van der Waals surface area contributed by atoms with Crippen LogP contribution in [0.4, 0.5) is 0 Å². The van der Waals surface area contributed by atoms with E-state index in [0.717, 1.165) is 76.9 Å². The van der Waals surface area contributed by atoms with Gasteiger partial charge in [-0.25, -0.2) is 4.79 Å². The minimum atomic E-state index is -0.918. The summed E-state index contributed by atoms with van der Waals surface area (Å²) >= 11 is 0. The summed E-state index contributed by atoms with van der Waals surface area (Å²) < 4.78 is 24.9. The van der Waals surface area contributed by atoms with E-state index < -0.39 is 5.97 Å². The molecule has 2 aliphatic heterocycles. The molecule has 4 unspecified atom stereocenters. The Hall–Kier alpha value is -1.54. The molecule has 1 N–H and O–H groups in total. The number of hydrogen-bond acceptors (Lipinski definition) is 6. The van der Waals surface area contributed by atoms with Gasteiger partial charge in [-0.3, -0.25) is 4.79 Å². The van der Waals surface area contributed by atoms with Crippen LogP contribution in [0.15, 0.2) is 24.3 Å². The molecule has 4 rings (SSSR count). The van der Waals surface area contributed by atoms with Crippen molar-refractivity contribution < 1.29 is 33.6 Å². The lowest BCUT2D eigenvalue weighted by Crippen LogP contribution is -2.32. The second-order valence-corrected chi connectivity index (χ2v) is 12.0. The highest BCUT2D eigenvalue weighted by molar-refractivity contribution is 5.84. The zero-order chi connectivity index (χ0) is 27.5. The Kier molecular flexibility index (Phi) is 12.5. The van der Waals surface area contributed by atoms with Gasteiger partial charge in [-0.1, -0.05) is 44.4 Å². The molecule has 2 aliphatic carbocycles. The Balaban J connectivity index is 1.45. The first kappa shape index (κ1) is 30.4. The van der Waals surface area contributed by atoms with Crippen LogP contribution in [0, 0.1) is 23.7 Å². The molecule has 0 amide bonds. The lowest BCUT2D eigenvalue weighted by atomic mass is 9.87. The van der Waals surface area contributed by atoms with Crippen LogP contribution >= 0.6 is 0 Å². The number of allylic oxidation sites excluding steroid dienone is 1. The summed E-state index contributed by atoms with van der Waals surface area (Å²) in [7, 11) is 0. The van der Waals surface area contributed by atoms with Crippen molar-refractivity contribution >= 4 is 11.8 Å². The zero-order valence-corrected chi connectivity index (χ0v) is 23.8. The van der Waals surface area contributed by atoms with Gasteiger partial charge in [0.15, 0.2) is 12.6 Å². The molecule has 0 aromatic heterocycles. The maximum Gasteiger partial charge on any atom is 0.327 e. The van der Waals surface area contributed by atoms with Gasteiger partial charge in [0, 0.05) is 37.5 Å². The molecule has 2 saturated heterocycles. The molecule has 0 aromatic rings. The Labute approximate surface area is 234 Å². The molecule has 0 radical (unpaired) electrons. The molecule has 0 aromatic carbocycles. The van der Waals surface area contributed by atoms with Crippen molar-refractivity contribution in [1.29, 1.82) is 0 Å². The van der Waals surface area contributed by atoms with Gasteiger partial charge in [0.05, 0.1) is 12.2 Å². The van der Waals surface area contributed by atoms with Crippen molar-refractivity contribution in [3.63, 3.8) is 0 Å². The minimum absolute atomic E-state index is 0.000613. The van der Waals surface area contributed by atoms with E-state index in [1.807, 2.05) is 0 Å². The molecule has 4 aliphatic rings. The number of hydrogen-bond donors (Lipinski definition) is 1. The van der Waals surface area contributed by atoms with E-state index in [2.05, 4.69) is 19.1 Å². The summed E-state index contributed by atoms with van der Waals surface area (Å²) in [6, 6.07) is 0. The first-order valence-electron chi connectivity index (χ1n) is 15.7. The normalized spacial score (nSPS) is 34.8. The highest BCUT2D eigenvalue weighted by atomic mass is 16.7. The molecule has 8 atom stereocenters. The van der Waals surface area contributed by atoms with Crippen LogP contribution in [0.1, 0.15) is 103 Å². The highest BCUT2D eigenvalue weighted by Gasteiger charge is 2.43. The van der Waals surface area contributed by atoms with Crippen molar-refractivity contribution in [2.75, 3.05) is 13.2 Å². The van der Waals surface area contributed by atoms with Crippen LogP contribution in [0.5, 0.6) is 0 Å². The van der Waals surface area contributed by atoms with Crippen molar-refractivity contribution in [2.45, 2.75) is 128 Å². The topological polar surface area (TPSA) is 91.3 Å². The maximum atomic E-state index is 13.2. The SMILES string of the molecule is CCC1CCC([C@@H](/C=C/[C@H]2[C@H](OC3CCCCO3)CC(=O)[C@@H]2CCCC/C=C/C(=O)O)OC2CCCCO2)C1. The van der Waals surface area contributed by atoms with Gasteiger partial charge in [0.2, 0.25) is 0 Å². The molecule has 220 valence electrons. The average molecular weight is 547 g/mol. The minimum Gasteiger partial charge on any atom is -0.478 e. The third-order valence-electron chi connectivity index (χ3n) is 9.16. The largest absolute Gasteiger partial charge is 0.478 e. The van der Waals surface area contributed by atoms with E-state index in [1.165, 1.54) is 31.8 Å². The van der Waals surface area contributed by atoms with E-state index in [1.54, 1.807) is 6.08 Å². The molecule has 4 fully saturated rings. The molecular weight excluding hydrogens is 496 g/mol. The summed E-state index contributed by atoms with van der Waals surface area (Å²) in [6.07, 6.45) is 21.6. The smallest absolute Gasteiger partial charge is 0.327 e. The molecule has 39 heavy (non-hydrogen) atoms. The second kappa shape index (κ2) is 16.0. The quantitative estimate of drug-likeness (QED) is 0.149. The summed E-state index contributed by atoms with van der Waals surface area (Å²) in [5.74, 6) is 0.508. The molecule has 7 nitrogen and oxygen atoms in total. The summed E-state index contributed by atoms with van der Waals surface area (Å²) in [4.78, 5) is 24.0. The Bertz CT molecular complexity index is 811. The Morgan fingerprint density at radius 3 is 2.49 bits per heavy atom. The number of carboxylic acids is 1. The van der Waals surface area contributed by atoms with Gasteiger partial charge in [-0.2, -0.15) is 0 Å². The van der Waals surface area contributed by atoms with E-state index >= 15 is 0 Å². The maximum absolute atomic E-state index is 13.2. The van der Waals surface area contributed by atoms with Crippen molar-refractivity contribution in [3.05, 3.63) is 24.3 Å². The molecule has 0 bridgehead atoms. The number of carbonyl (C=O) groups excluding carboxylic acids is 1. The number of aliphatic carboxylic acids is 1. The fourth-order valence-electron chi connectivity index (χ4n) is 6.86. The van der Waals surface area contributed by atoms with Crippen LogP contribution in [-0.2, 0) is 28.5 Å². The van der Waals surface area contributed by atoms with Gasteiger partial charge >= 0.3 is 5.97 Å². The summed E-state index contributed by atoms with van der Waals surface area (Å²) in [5.41, 5.74) is 0. The molecule has 7 heteroatoms. The average Bonchev–Trinajstić information content (AvgIpc) is 3.54. The van der Waals surface area contributed by atoms with Crippen LogP contribution in [0.3, 0.4) is 0 Å². The monoisotopic (exact) mass is 546 g/mol. The lowest BCUT2D eigenvalue weighted by Gasteiger charge is -2.31. The van der Waals surface area contributed by atoms with Crippen LogP contribution in [-0.4, -0.2) is 54.9 Å². The first-order chi connectivity index (χ1) is 19.0. The van der Waals surface area contributed by atoms with Gasteiger partial charge < -0.3 is 24.1 Å². The molecule has 2 saturated carbocycles. The predicted octanol–water partition coefficient (Wildman–Crippen LogP) is 6.60. The number of carboxylic acid groups (broad SMARTS) is 1. The second-order valence-electron chi connectivity index (χ2n) is 12.0. The molecular formula is C32H50O7. The van der Waals surface area contributed by atoms with E-state index in [0.29, 0.717) is 18.8 Å². The number of ketones is 1. The van der Waals surface area contributed by atoms with Crippen LogP contribution < -0.4 is 0 Å². The fraction of sp³-hybridized carbons (Fsp3) is 0.812. The van der Waals surface area contributed by atoms with E-state index in [-0.39, 0.29) is 42.4 Å². The molecule has 2 heterocycles. The number of rotatable bonds is 14. The number of carbonyl (C=O) groups is 2. The number of ether oxygens (including phenoxy) is 4. The number of Topliss-reactive ketones (excluding diaryl/α,β-unsaturated/α-hetero) is 1. The Morgan fingerprint density at radius 1 is 1.05 bits per heavy atom. The van der Waals surface area contributed by atoms with Crippen LogP contribution in [0.25, 0.3) is 0 Å². The fourth-order valence-corrected chi connectivity index (χ4v) is 6.86. The van der Waals surface area contributed by atoms with Gasteiger partial charge in [-0.05, 0) is 82.5 Å². The van der Waals surface area contributed by atoms with Crippen LogP contribution in [0.2, 0.25) is 0 Å². The van der Waals surface area contributed by atoms with Crippen molar-refractivity contribution in [2.24, 2.45) is 23.7 Å². The third-order valence-corrected chi connectivity index (χ3v) is 9.16. The van der Waals surface area contributed by atoms with E-state index in [9.17, 15) is 9.59 Å². The van der Waals surface area contributed by atoms with E-state index in [4.69, 9.17) is 24.1 Å². The summed E-state index contributed by atoms with van der Waals surface area (Å²) in [6.45, 7) is 3.77. The van der Waals surface area contributed by atoms with Gasteiger partial charge in [0.25, 0.3) is 0 Å². The predicted molar refractivity (Wildman–Crippen MR) is 149 cm³/mol. The summed E-state index contributed by atoms with van der Waals surface area (Å²) in [5, 5.41) is 8.81. The third kappa shape index (κ3) is 9.51. The Morgan fingerprint density at radius 2 is 1.82 bits per heavy atom. The zero-order valence-electron chi connectivity index (χ0n) is 23.8. The molecule has 0 spiro atoms. The van der Waals surface area contributed by atoms with Gasteiger partial charge in [-0.15, -0.1) is 0 Å². The highest BCUT2D eigenvalue weighted by Crippen LogP contribution is 2.40. The number of unbranched alkanes of at least 4 members (excludes halogenated alkanes) is 2. The lowest BCUT2D eigenvalue weighted by molar-refractivity contribution is -0.193. The van der Waals surface area contributed by atoms with Gasteiger partial charge in [0.1, 0.15) is 5.78 Å². The first-order valence-corrected chi connectivity index (χ1v) is 15.7.